The standard InChI is InChI=1S/C24H32N6O8/c25-17-11-13(21(35)27-1-5-31)9-15(23(37)29-3-7-33)19(17)20-16(24(38)30-4-8-34)10-14(12-18(20)26)22(36)28-2-6-32/h9-12,31-34H,1-8,25-26H2,(H,27,35)(H,28,36)(H,29,37)(H,30,38). The van der Waals surface area contributed by atoms with E-state index in [0.717, 1.165) is 0 Å². The molecule has 2 aromatic carbocycles. The van der Waals surface area contributed by atoms with Crippen LogP contribution in [0.25, 0.3) is 11.1 Å². The Morgan fingerprint density at radius 3 is 1.11 bits per heavy atom. The van der Waals surface area contributed by atoms with E-state index in [-0.39, 0.29) is 97.4 Å². The summed E-state index contributed by atoms with van der Waals surface area (Å²) in [6.45, 7) is -1.72. The molecule has 0 aliphatic rings. The lowest BCUT2D eigenvalue weighted by Crippen LogP contribution is -2.31. The van der Waals surface area contributed by atoms with Gasteiger partial charge in [-0.1, -0.05) is 0 Å². The molecule has 0 radical (unpaired) electrons. The van der Waals surface area contributed by atoms with Gasteiger partial charge in [0.15, 0.2) is 0 Å². The van der Waals surface area contributed by atoms with Crippen molar-refractivity contribution in [2.75, 3.05) is 64.1 Å². The van der Waals surface area contributed by atoms with E-state index in [9.17, 15) is 19.2 Å². The van der Waals surface area contributed by atoms with Crippen molar-refractivity contribution in [3.05, 3.63) is 46.5 Å². The van der Waals surface area contributed by atoms with Crippen molar-refractivity contribution in [1.82, 2.24) is 21.3 Å². The normalized spacial score (nSPS) is 10.5. The van der Waals surface area contributed by atoms with Crippen LogP contribution in [0.2, 0.25) is 0 Å². The first-order valence-electron chi connectivity index (χ1n) is 11.6. The van der Waals surface area contributed by atoms with Gasteiger partial charge >= 0.3 is 0 Å². The lowest BCUT2D eigenvalue weighted by atomic mass is 9.88. The van der Waals surface area contributed by atoms with Gasteiger partial charge in [0.2, 0.25) is 0 Å². The molecule has 0 atom stereocenters. The number of nitrogen functional groups attached to an aromatic ring is 2. The molecule has 0 spiro atoms. The molecule has 2 aromatic rings. The highest BCUT2D eigenvalue weighted by Crippen LogP contribution is 2.38. The number of benzene rings is 2. The molecule has 0 aliphatic carbocycles. The summed E-state index contributed by atoms with van der Waals surface area (Å²) in [7, 11) is 0. The van der Waals surface area contributed by atoms with Crippen molar-refractivity contribution >= 4 is 35.0 Å². The van der Waals surface area contributed by atoms with E-state index in [4.69, 9.17) is 31.9 Å². The molecule has 0 saturated carbocycles. The number of carbonyl (C=O) groups is 4. The number of nitrogens with one attached hydrogen (secondary N) is 4. The Bertz CT molecular complexity index is 1100. The number of anilines is 2. The molecular weight excluding hydrogens is 500 g/mol. The third-order valence-corrected chi connectivity index (χ3v) is 5.19. The molecular formula is C24H32N6O8. The van der Waals surface area contributed by atoms with Gasteiger partial charge in [0.05, 0.1) is 37.6 Å². The number of carbonyl (C=O) groups excluding carboxylic acids is 4. The first kappa shape index (κ1) is 30.0. The zero-order valence-corrected chi connectivity index (χ0v) is 20.5. The van der Waals surface area contributed by atoms with Crippen LogP contribution in [0.1, 0.15) is 41.4 Å². The average molecular weight is 533 g/mol. The summed E-state index contributed by atoms with van der Waals surface area (Å²) in [5, 5.41) is 46.2. The molecule has 0 bridgehead atoms. The van der Waals surface area contributed by atoms with E-state index < -0.39 is 23.6 Å². The predicted octanol–water partition coefficient (Wildman–Crippen LogP) is -2.59. The van der Waals surface area contributed by atoms with Crippen molar-refractivity contribution in [1.29, 1.82) is 0 Å². The molecule has 206 valence electrons. The Labute approximate surface area is 218 Å². The van der Waals surface area contributed by atoms with E-state index in [2.05, 4.69) is 21.3 Å². The van der Waals surface area contributed by atoms with E-state index in [0.29, 0.717) is 0 Å². The molecule has 14 nitrogen and oxygen atoms in total. The van der Waals surface area contributed by atoms with Gasteiger partial charge in [0, 0.05) is 59.8 Å². The summed E-state index contributed by atoms with van der Waals surface area (Å²) in [6, 6.07) is 4.98. The molecule has 14 heteroatoms. The number of hydrogen-bond donors (Lipinski definition) is 10. The van der Waals surface area contributed by atoms with Gasteiger partial charge in [-0.05, 0) is 24.3 Å². The minimum atomic E-state index is -0.733. The topological polar surface area (TPSA) is 249 Å². The lowest BCUT2D eigenvalue weighted by molar-refractivity contribution is 0.0929. The van der Waals surface area contributed by atoms with E-state index >= 15 is 0 Å². The Morgan fingerprint density at radius 1 is 0.526 bits per heavy atom. The lowest BCUT2D eigenvalue weighted by Gasteiger charge is -2.20. The second-order valence-electron chi connectivity index (χ2n) is 7.89. The molecule has 12 N–H and O–H groups in total. The number of aliphatic hydroxyl groups is 4. The summed E-state index contributed by atoms with van der Waals surface area (Å²) in [6.07, 6.45) is 0. The SMILES string of the molecule is Nc1cc(C(=O)NCCO)cc(C(=O)NCCO)c1-c1c(N)cc(C(=O)NCCO)cc1C(=O)NCCO. The summed E-state index contributed by atoms with van der Waals surface area (Å²) < 4.78 is 0. The van der Waals surface area contributed by atoms with Crippen molar-refractivity contribution in [3.63, 3.8) is 0 Å². The van der Waals surface area contributed by atoms with Gasteiger partial charge in [-0.25, -0.2) is 0 Å². The Hall–Kier alpha value is -4.24. The first-order valence-corrected chi connectivity index (χ1v) is 11.6. The zero-order valence-electron chi connectivity index (χ0n) is 20.5. The van der Waals surface area contributed by atoms with Crippen LogP contribution in [0, 0.1) is 0 Å². The molecule has 0 saturated heterocycles. The van der Waals surface area contributed by atoms with Gasteiger partial charge in [-0.3, -0.25) is 19.2 Å². The maximum absolute atomic E-state index is 13.1. The van der Waals surface area contributed by atoms with E-state index in [1.54, 1.807) is 0 Å². The van der Waals surface area contributed by atoms with Crippen LogP contribution in [0.3, 0.4) is 0 Å². The van der Waals surface area contributed by atoms with E-state index in [1.165, 1.54) is 24.3 Å². The maximum atomic E-state index is 13.1. The Morgan fingerprint density at radius 2 is 0.816 bits per heavy atom. The fraction of sp³-hybridized carbons (Fsp3) is 0.333. The second kappa shape index (κ2) is 14.5. The molecule has 2 rings (SSSR count). The Balaban J connectivity index is 2.82. The number of aliphatic hydroxyl groups excluding tert-OH is 4. The maximum Gasteiger partial charge on any atom is 0.252 e. The molecule has 38 heavy (non-hydrogen) atoms. The minimum absolute atomic E-state index is 0.00638. The van der Waals surface area contributed by atoms with Gasteiger partial charge in [0.1, 0.15) is 0 Å². The average Bonchev–Trinajstić information content (AvgIpc) is 2.91. The molecule has 0 aromatic heterocycles. The monoisotopic (exact) mass is 532 g/mol. The van der Waals surface area contributed by atoms with Crippen molar-refractivity contribution in [3.8, 4) is 11.1 Å². The van der Waals surface area contributed by atoms with Crippen molar-refractivity contribution < 1.29 is 39.6 Å². The number of amides is 4. The highest BCUT2D eigenvalue weighted by atomic mass is 16.3. The minimum Gasteiger partial charge on any atom is -0.398 e. The molecule has 0 fully saturated rings. The molecule has 0 unspecified atom stereocenters. The highest BCUT2D eigenvalue weighted by Gasteiger charge is 2.26. The van der Waals surface area contributed by atoms with Crippen LogP contribution in [0.15, 0.2) is 24.3 Å². The molecule has 4 amide bonds. The van der Waals surface area contributed by atoms with Crippen LogP contribution in [0.5, 0.6) is 0 Å². The summed E-state index contributed by atoms with van der Waals surface area (Å²) in [5.41, 5.74) is 12.1. The third kappa shape index (κ3) is 7.39. The first-order chi connectivity index (χ1) is 18.2. The summed E-state index contributed by atoms with van der Waals surface area (Å²) >= 11 is 0. The third-order valence-electron chi connectivity index (χ3n) is 5.19. The quantitative estimate of drug-likeness (QED) is 0.120. The van der Waals surface area contributed by atoms with Crippen LogP contribution in [0.4, 0.5) is 11.4 Å². The van der Waals surface area contributed by atoms with Gasteiger partial charge < -0.3 is 53.2 Å². The number of rotatable bonds is 13. The summed E-state index contributed by atoms with van der Waals surface area (Å²) in [4.78, 5) is 51.2. The van der Waals surface area contributed by atoms with Crippen LogP contribution >= 0.6 is 0 Å². The van der Waals surface area contributed by atoms with Crippen LogP contribution < -0.4 is 32.7 Å². The molecule has 0 aliphatic heterocycles. The number of hydrogen-bond acceptors (Lipinski definition) is 10. The molecule has 0 heterocycles. The van der Waals surface area contributed by atoms with Gasteiger partial charge in [0.25, 0.3) is 23.6 Å². The van der Waals surface area contributed by atoms with Crippen LogP contribution in [-0.4, -0.2) is 96.7 Å². The smallest absolute Gasteiger partial charge is 0.252 e. The van der Waals surface area contributed by atoms with E-state index in [1.807, 2.05) is 0 Å². The van der Waals surface area contributed by atoms with Crippen molar-refractivity contribution in [2.45, 2.75) is 0 Å². The Kier molecular flexibility index (Phi) is 11.4. The van der Waals surface area contributed by atoms with Crippen LogP contribution in [-0.2, 0) is 0 Å². The summed E-state index contributed by atoms with van der Waals surface area (Å²) in [5.74, 6) is -2.72. The van der Waals surface area contributed by atoms with Crippen molar-refractivity contribution in [2.24, 2.45) is 0 Å². The predicted molar refractivity (Wildman–Crippen MR) is 138 cm³/mol. The highest BCUT2D eigenvalue weighted by molar-refractivity contribution is 6.14. The number of nitrogens with two attached hydrogens (primary N) is 2. The fourth-order valence-electron chi connectivity index (χ4n) is 3.58. The zero-order chi connectivity index (χ0) is 28.2. The van der Waals surface area contributed by atoms with Gasteiger partial charge in [-0.2, -0.15) is 0 Å². The van der Waals surface area contributed by atoms with Gasteiger partial charge in [-0.15, -0.1) is 0 Å². The fourth-order valence-corrected chi connectivity index (χ4v) is 3.58. The largest absolute Gasteiger partial charge is 0.398 e. The second-order valence-corrected chi connectivity index (χ2v) is 7.89.